The molecule has 0 aliphatic carbocycles. The molecule has 4 nitrogen and oxygen atoms in total. The highest BCUT2D eigenvalue weighted by Gasteiger charge is 2.13. The van der Waals surface area contributed by atoms with E-state index in [9.17, 15) is 0 Å². The standard InChI is InChI=1S/C19H26ClN3OS/c1-3-22(4-2)12-6-13-23(15-18-7-5-14-24-18)19(25)21-17-10-8-16(20)9-11-17/h5,7-11,14H,3-4,6,12-13,15H2,1-2H3,(H,21,25). The van der Waals surface area contributed by atoms with Crippen molar-refractivity contribution in [1.29, 1.82) is 0 Å². The summed E-state index contributed by atoms with van der Waals surface area (Å²) in [4.78, 5) is 4.56. The Morgan fingerprint density at radius 3 is 2.44 bits per heavy atom. The SMILES string of the molecule is CCN(CC)CCCN(Cc1ccco1)C(=S)Nc1ccc(Cl)cc1. The van der Waals surface area contributed by atoms with Crippen molar-refractivity contribution in [2.75, 3.05) is 31.5 Å². The Kier molecular flexibility index (Phi) is 8.25. The Balaban J connectivity index is 1.97. The number of thiocarbonyl (C=S) groups is 1. The molecule has 0 aliphatic heterocycles. The highest BCUT2D eigenvalue weighted by molar-refractivity contribution is 7.80. The highest BCUT2D eigenvalue weighted by atomic mass is 35.5. The van der Waals surface area contributed by atoms with Gasteiger partial charge in [0, 0.05) is 17.3 Å². The molecule has 136 valence electrons. The highest BCUT2D eigenvalue weighted by Crippen LogP contribution is 2.15. The van der Waals surface area contributed by atoms with Crippen LogP contribution < -0.4 is 5.32 Å². The molecule has 0 unspecified atom stereocenters. The smallest absolute Gasteiger partial charge is 0.173 e. The zero-order valence-electron chi connectivity index (χ0n) is 14.9. The maximum absolute atomic E-state index is 5.94. The van der Waals surface area contributed by atoms with Crippen molar-refractivity contribution < 1.29 is 4.42 Å². The van der Waals surface area contributed by atoms with E-state index in [0.29, 0.717) is 16.7 Å². The molecule has 0 saturated heterocycles. The van der Waals surface area contributed by atoms with Crippen LogP contribution in [0.25, 0.3) is 0 Å². The van der Waals surface area contributed by atoms with Crippen molar-refractivity contribution in [3.8, 4) is 0 Å². The zero-order chi connectivity index (χ0) is 18.1. The van der Waals surface area contributed by atoms with Gasteiger partial charge >= 0.3 is 0 Å². The molecule has 1 heterocycles. The molecule has 6 heteroatoms. The first-order valence-corrected chi connectivity index (χ1v) is 9.47. The van der Waals surface area contributed by atoms with Crippen molar-refractivity contribution in [2.45, 2.75) is 26.8 Å². The van der Waals surface area contributed by atoms with Gasteiger partial charge in [-0.15, -0.1) is 0 Å². The molecule has 0 amide bonds. The number of nitrogens with zero attached hydrogens (tertiary/aromatic N) is 2. The first-order valence-electron chi connectivity index (χ1n) is 8.68. The lowest BCUT2D eigenvalue weighted by molar-refractivity contribution is 0.276. The fourth-order valence-electron chi connectivity index (χ4n) is 2.60. The molecule has 1 aromatic heterocycles. The normalized spacial score (nSPS) is 10.9. The molecule has 0 atom stereocenters. The van der Waals surface area contributed by atoms with E-state index in [1.165, 1.54) is 0 Å². The van der Waals surface area contributed by atoms with E-state index in [-0.39, 0.29) is 0 Å². The Bertz CT molecular complexity index is 627. The molecule has 1 aromatic carbocycles. The van der Waals surface area contributed by atoms with Crippen LogP contribution in [0.3, 0.4) is 0 Å². The van der Waals surface area contributed by atoms with Crippen molar-refractivity contribution in [3.05, 3.63) is 53.4 Å². The third-order valence-electron chi connectivity index (χ3n) is 4.11. The first-order chi connectivity index (χ1) is 12.1. The predicted molar refractivity (Wildman–Crippen MR) is 109 cm³/mol. The second-order valence-electron chi connectivity index (χ2n) is 5.82. The largest absolute Gasteiger partial charge is 0.467 e. The van der Waals surface area contributed by atoms with Gasteiger partial charge in [-0.25, -0.2) is 0 Å². The van der Waals surface area contributed by atoms with E-state index in [4.69, 9.17) is 28.2 Å². The number of rotatable bonds is 9. The third kappa shape index (κ3) is 6.69. The zero-order valence-corrected chi connectivity index (χ0v) is 16.4. The number of hydrogen-bond donors (Lipinski definition) is 1. The van der Waals surface area contributed by atoms with Gasteiger partial charge in [-0.1, -0.05) is 25.4 Å². The summed E-state index contributed by atoms with van der Waals surface area (Å²) in [6.45, 7) is 9.12. The first kappa shape index (κ1) is 19.8. The lowest BCUT2D eigenvalue weighted by atomic mass is 10.3. The summed E-state index contributed by atoms with van der Waals surface area (Å²) < 4.78 is 5.49. The number of anilines is 1. The summed E-state index contributed by atoms with van der Waals surface area (Å²) in [5.74, 6) is 0.906. The van der Waals surface area contributed by atoms with Crippen LogP contribution in [0, 0.1) is 0 Å². The fraction of sp³-hybridized carbons (Fsp3) is 0.421. The van der Waals surface area contributed by atoms with Gasteiger partial charge in [-0.05, 0) is 74.7 Å². The molecule has 2 rings (SSSR count). The van der Waals surface area contributed by atoms with Gasteiger partial charge in [-0.2, -0.15) is 0 Å². The van der Waals surface area contributed by atoms with Crippen LogP contribution in [0.4, 0.5) is 5.69 Å². The van der Waals surface area contributed by atoms with Gasteiger partial charge in [0.15, 0.2) is 5.11 Å². The van der Waals surface area contributed by atoms with Crippen molar-refractivity contribution in [3.63, 3.8) is 0 Å². The van der Waals surface area contributed by atoms with Gasteiger partial charge in [0.1, 0.15) is 5.76 Å². The molecular weight excluding hydrogens is 354 g/mol. The van der Waals surface area contributed by atoms with E-state index in [2.05, 4.69) is 29.0 Å². The van der Waals surface area contributed by atoms with Crippen molar-refractivity contribution in [1.82, 2.24) is 9.80 Å². The summed E-state index contributed by atoms with van der Waals surface area (Å²) in [6, 6.07) is 11.4. The van der Waals surface area contributed by atoms with Gasteiger partial charge in [0.2, 0.25) is 0 Å². The summed E-state index contributed by atoms with van der Waals surface area (Å²) in [5.41, 5.74) is 0.933. The fourth-order valence-corrected chi connectivity index (χ4v) is 3.00. The molecule has 0 saturated carbocycles. The van der Waals surface area contributed by atoms with E-state index < -0.39 is 0 Å². The Morgan fingerprint density at radius 2 is 1.84 bits per heavy atom. The quantitative estimate of drug-likeness (QED) is 0.628. The second-order valence-corrected chi connectivity index (χ2v) is 6.64. The van der Waals surface area contributed by atoms with Crippen LogP contribution in [0.1, 0.15) is 26.0 Å². The molecule has 0 radical (unpaired) electrons. The molecule has 0 aliphatic rings. The summed E-state index contributed by atoms with van der Waals surface area (Å²) in [7, 11) is 0. The molecular formula is C19H26ClN3OS. The number of benzene rings is 1. The van der Waals surface area contributed by atoms with Gasteiger partial charge < -0.3 is 19.5 Å². The van der Waals surface area contributed by atoms with Crippen LogP contribution in [-0.2, 0) is 6.54 Å². The van der Waals surface area contributed by atoms with Crippen LogP contribution in [0.5, 0.6) is 0 Å². The van der Waals surface area contributed by atoms with Crippen molar-refractivity contribution in [2.24, 2.45) is 0 Å². The molecule has 0 fully saturated rings. The number of halogens is 1. The minimum Gasteiger partial charge on any atom is -0.467 e. The number of nitrogens with one attached hydrogen (secondary N) is 1. The molecule has 1 N–H and O–H groups in total. The minimum atomic E-state index is 0.657. The minimum absolute atomic E-state index is 0.657. The van der Waals surface area contributed by atoms with Crippen molar-refractivity contribution >= 4 is 34.6 Å². The summed E-state index contributed by atoms with van der Waals surface area (Å²) in [6.07, 6.45) is 2.74. The van der Waals surface area contributed by atoms with Gasteiger partial charge in [0.05, 0.1) is 12.8 Å². The van der Waals surface area contributed by atoms with Crippen LogP contribution in [-0.4, -0.2) is 41.1 Å². The van der Waals surface area contributed by atoms with E-state index in [1.807, 2.05) is 36.4 Å². The average molecular weight is 380 g/mol. The Labute approximate surface area is 160 Å². The Morgan fingerprint density at radius 1 is 1.12 bits per heavy atom. The van der Waals surface area contributed by atoms with E-state index >= 15 is 0 Å². The molecule has 0 spiro atoms. The van der Waals surface area contributed by atoms with Crippen LogP contribution in [0.2, 0.25) is 5.02 Å². The maximum atomic E-state index is 5.94. The van der Waals surface area contributed by atoms with Gasteiger partial charge in [-0.3, -0.25) is 0 Å². The lowest BCUT2D eigenvalue weighted by Crippen LogP contribution is -2.36. The third-order valence-corrected chi connectivity index (χ3v) is 4.72. The molecule has 25 heavy (non-hydrogen) atoms. The van der Waals surface area contributed by atoms with Gasteiger partial charge in [0.25, 0.3) is 0 Å². The lowest BCUT2D eigenvalue weighted by Gasteiger charge is -2.26. The van der Waals surface area contributed by atoms with Crippen LogP contribution in [0.15, 0.2) is 47.1 Å². The topological polar surface area (TPSA) is 31.6 Å². The average Bonchev–Trinajstić information content (AvgIpc) is 3.13. The summed E-state index contributed by atoms with van der Waals surface area (Å²) in [5, 5.41) is 4.70. The monoisotopic (exact) mass is 379 g/mol. The second kappa shape index (κ2) is 10.4. The molecule has 0 bridgehead atoms. The Hall–Kier alpha value is -1.56. The molecule has 2 aromatic rings. The number of furan rings is 1. The summed E-state index contributed by atoms with van der Waals surface area (Å²) >= 11 is 11.6. The van der Waals surface area contributed by atoms with Crippen LogP contribution >= 0.6 is 23.8 Å². The maximum Gasteiger partial charge on any atom is 0.173 e. The number of hydrogen-bond acceptors (Lipinski definition) is 3. The van der Waals surface area contributed by atoms with E-state index in [1.54, 1.807) is 6.26 Å². The van der Waals surface area contributed by atoms with E-state index in [0.717, 1.165) is 44.0 Å². The predicted octanol–water partition coefficient (Wildman–Crippen LogP) is 4.86.